The third kappa shape index (κ3) is 4.61. The first kappa shape index (κ1) is 24.1. The van der Waals surface area contributed by atoms with Crippen LogP contribution in [0.15, 0.2) is 42.5 Å². The summed E-state index contributed by atoms with van der Waals surface area (Å²) in [6.07, 6.45) is 2.08. The summed E-state index contributed by atoms with van der Waals surface area (Å²) in [6.45, 7) is 3.87. The standard InChI is InChI=1S/C27H28N6O5/c34-21(32-10-1-2-11-32)16-38-18-8-6-17(7-9-18)24-23-25(30-29-24)19-4-3-5-20(22(19)26(23)35)28-27(36)31-33-12-14-37-15-13-33/h3-9H,1-2,10-16H2,(H,29,30)(H2,28,31,36). The van der Waals surface area contributed by atoms with Gasteiger partial charge in [0.2, 0.25) is 0 Å². The molecule has 2 aliphatic heterocycles. The molecule has 2 fully saturated rings. The predicted octanol–water partition coefficient (Wildman–Crippen LogP) is 2.66. The number of rotatable bonds is 6. The van der Waals surface area contributed by atoms with Gasteiger partial charge in [-0.15, -0.1) is 0 Å². The van der Waals surface area contributed by atoms with Crippen LogP contribution in [-0.2, 0) is 9.53 Å². The number of anilines is 1. The second kappa shape index (κ2) is 10.3. The van der Waals surface area contributed by atoms with Gasteiger partial charge in [-0.3, -0.25) is 20.1 Å². The van der Waals surface area contributed by atoms with Gasteiger partial charge in [-0.05, 0) is 43.2 Å². The summed E-state index contributed by atoms with van der Waals surface area (Å²) >= 11 is 0. The van der Waals surface area contributed by atoms with Crippen LogP contribution in [0.4, 0.5) is 10.5 Å². The van der Waals surface area contributed by atoms with E-state index in [1.807, 2.05) is 23.1 Å². The molecule has 38 heavy (non-hydrogen) atoms. The van der Waals surface area contributed by atoms with Crippen LogP contribution in [0.1, 0.15) is 28.8 Å². The maximum Gasteiger partial charge on any atom is 0.333 e. The number of ether oxygens (including phenoxy) is 2. The van der Waals surface area contributed by atoms with Crippen LogP contribution in [0.2, 0.25) is 0 Å². The van der Waals surface area contributed by atoms with Crippen LogP contribution < -0.4 is 15.5 Å². The first-order valence-electron chi connectivity index (χ1n) is 12.8. The van der Waals surface area contributed by atoms with E-state index in [1.54, 1.807) is 29.3 Å². The van der Waals surface area contributed by atoms with E-state index in [9.17, 15) is 14.4 Å². The van der Waals surface area contributed by atoms with Crippen molar-refractivity contribution in [3.8, 4) is 28.3 Å². The molecule has 11 heteroatoms. The Hall–Kier alpha value is -4.22. The molecule has 2 aromatic carbocycles. The number of hydrogen-bond acceptors (Lipinski definition) is 7. The molecule has 0 unspecified atom stereocenters. The number of benzene rings is 2. The number of fused-ring (bicyclic) bond motifs is 3. The van der Waals surface area contributed by atoms with Crippen molar-refractivity contribution in [3.05, 3.63) is 53.6 Å². The Morgan fingerprint density at radius 2 is 1.76 bits per heavy atom. The highest BCUT2D eigenvalue weighted by atomic mass is 16.5. The molecule has 3 N–H and O–H groups in total. The molecule has 3 amide bonds. The van der Waals surface area contributed by atoms with Gasteiger partial charge in [0, 0.05) is 37.3 Å². The summed E-state index contributed by atoms with van der Waals surface area (Å²) in [5.41, 5.74) is 6.68. The van der Waals surface area contributed by atoms with Gasteiger partial charge in [0.05, 0.1) is 35.7 Å². The number of hydrogen-bond donors (Lipinski definition) is 3. The van der Waals surface area contributed by atoms with E-state index in [2.05, 4.69) is 20.9 Å². The number of aromatic amines is 1. The van der Waals surface area contributed by atoms with E-state index in [-0.39, 0.29) is 18.3 Å². The molecule has 196 valence electrons. The lowest BCUT2D eigenvalue weighted by Crippen LogP contribution is -2.49. The summed E-state index contributed by atoms with van der Waals surface area (Å²) in [5, 5.41) is 12.0. The van der Waals surface area contributed by atoms with Crippen LogP contribution in [0.3, 0.4) is 0 Å². The fourth-order valence-electron chi connectivity index (χ4n) is 5.08. The van der Waals surface area contributed by atoms with Crippen molar-refractivity contribution < 1.29 is 23.9 Å². The Balaban J connectivity index is 1.17. The molecule has 11 nitrogen and oxygen atoms in total. The number of nitrogens with zero attached hydrogens (tertiary/aromatic N) is 3. The highest BCUT2D eigenvalue weighted by molar-refractivity contribution is 6.26. The minimum absolute atomic E-state index is 0.000162. The van der Waals surface area contributed by atoms with Gasteiger partial charge in [0.25, 0.3) is 5.91 Å². The van der Waals surface area contributed by atoms with Crippen molar-refractivity contribution in [1.29, 1.82) is 0 Å². The number of morpholine rings is 1. The zero-order valence-corrected chi connectivity index (χ0v) is 20.8. The molecule has 3 heterocycles. The number of nitrogens with one attached hydrogen (secondary N) is 3. The SMILES string of the molecule is O=C(Nc1cccc2c1C(=O)c1c(-c3ccc(OCC(=O)N4CCCC4)cc3)n[nH]c1-2)NN1CCOCC1. The molecule has 0 spiro atoms. The summed E-state index contributed by atoms with van der Waals surface area (Å²) in [4.78, 5) is 40.3. The number of carbonyl (C=O) groups excluding carboxylic acids is 3. The molecular weight excluding hydrogens is 488 g/mol. The molecular formula is C27H28N6O5. The van der Waals surface area contributed by atoms with Crippen LogP contribution in [-0.4, -0.2) is 83.8 Å². The molecule has 3 aliphatic rings. The number of likely N-dealkylation sites (tertiary alicyclic amines) is 1. The smallest absolute Gasteiger partial charge is 0.333 e. The monoisotopic (exact) mass is 516 g/mol. The number of amides is 3. The second-order valence-electron chi connectivity index (χ2n) is 9.45. The summed E-state index contributed by atoms with van der Waals surface area (Å²) in [5.74, 6) is 0.349. The second-order valence-corrected chi connectivity index (χ2v) is 9.45. The number of aromatic nitrogens is 2. The molecule has 0 atom stereocenters. The van der Waals surface area contributed by atoms with Gasteiger partial charge in [-0.25, -0.2) is 9.80 Å². The molecule has 6 rings (SSSR count). The Labute approximate surface area is 219 Å². The van der Waals surface area contributed by atoms with Crippen molar-refractivity contribution in [2.75, 3.05) is 51.3 Å². The highest BCUT2D eigenvalue weighted by Gasteiger charge is 2.35. The van der Waals surface area contributed by atoms with E-state index in [0.717, 1.165) is 31.5 Å². The largest absolute Gasteiger partial charge is 0.484 e. The zero-order chi connectivity index (χ0) is 26.1. The normalized spacial score (nSPS) is 16.7. The van der Waals surface area contributed by atoms with Gasteiger partial charge in [0.15, 0.2) is 12.4 Å². The number of hydrazine groups is 1. The van der Waals surface area contributed by atoms with Crippen LogP contribution in [0.25, 0.3) is 22.5 Å². The van der Waals surface area contributed by atoms with Crippen molar-refractivity contribution >= 4 is 23.4 Å². The average Bonchev–Trinajstić information content (AvgIpc) is 3.68. The van der Waals surface area contributed by atoms with Gasteiger partial charge < -0.3 is 19.7 Å². The third-order valence-corrected chi connectivity index (χ3v) is 7.02. The quantitative estimate of drug-likeness (QED) is 0.359. The lowest BCUT2D eigenvalue weighted by Gasteiger charge is -2.27. The van der Waals surface area contributed by atoms with Crippen molar-refractivity contribution in [2.24, 2.45) is 0 Å². The van der Waals surface area contributed by atoms with E-state index >= 15 is 0 Å². The maximum absolute atomic E-state index is 13.6. The molecule has 2 saturated heterocycles. The molecule has 1 aromatic heterocycles. The van der Waals surface area contributed by atoms with E-state index < -0.39 is 6.03 Å². The fraction of sp³-hybridized carbons (Fsp3) is 0.333. The number of ketones is 1. The molecule has 3 aromatic rings. The zero-order valence-electron chi connectivity index (χ0n) is 20.8. The molecule has 0 bridgehead atoms. The van der Waals surface area contributed by atoms with Crippen molar-refractivity contribution in [1.82, 2.24) is 25.5 Å². The van der Waals surface area contributed by atoms with Gasteiger partial charge in [-0.2, -0.15) is 5.10 Å². The summed E-state index contributed by atoms with van der Waals surface area (Å²) < 4.78 is 11.0. The van der Waals surface area contributed by atoms with Gasteiger partial charge in [0.1, 0.15) is 11.4 Å². The average molecular weight is 517 g/mol. The first-order valence-corrected chi connectivity index (χ1v) is 12.8. The summed E-state index contributed by atoms with van der Waals surface area (Å²) in [6, 6.07) is 12.1. The van der Waals surface area contributed by atoms with Gasteiger partial charge in [-0.1, -0.05) is 12.1 Å². The van der Waals surface area contributed by atoms with Crippen LogP contribution in [0, 0.1) is 0 Å². The molecule has 0 radical (unpaired) electrons. The van der Waals surface area contributed by atoms with E-state index in [0.29, 0.717) is 65.8 Å². The van der Waals surface area contributed by atoms with Crippen LogP contribution >= 0.6 is 0 Å². The minimum atomic E-state index is -0.416. The van der Waals surface area contributed by atoms with Crippen molar-refractivity contribution in [3.63, 3.8) is 0 Å². The maximum atomic E-state index is 13.6. The Morgan fingerprint density at radius 3 is 2.53 bits per heavy atom. The molecule has 0 saturated carbocycles. The van der Waals surface area contributed by atoms with Gasteiger partial charge >= 0.3 is 6.03 Å². The Kier molecular flexibility index (Phi) is 6.52. The third-order valence-electron chi connectivity index (χ3n) is 7.02. The molecule has 1 aliphatic carbocycles. The highest BCUT2D eigenvalue weighted by Crippen LogP contribution is 2.43. The Morgan fingerprint density at radius 1 is 1.00 bits per heavy atom. The fourth-order valence-corrected chi connectivity index (χ4v) is 5.08. The summed E-state index contributed by atoms with van der Waals surface area (Å²) in [7, 11) is 0. The Bertz CT molecular complexity index is 1370. The van der Waals surface area contributed by atoms with E-state index in [1.165, 1.54) is 0 Å². The lowest BCUT2D eigenvalue weighted by molar-refractivity contribution is -0.132. The first-order chi connectivity index (χ1) is 18.6. The topological polar surface area (TPSA) is 129 Å². The van der Waals surface area contributed by atoms with E-state index in [4.69, 9.17) is 9.47 Å². The number of urea groups is 1. The minimum Gasteiger partial charge on any atom is -0.484 e. The number of carbonyl (C=O) groups is 3. The predicted molar refractivity (Wildman–Crippen MR) is 139 cm³/mol. The lowest BCUT2D eigenvalue weighted by atomic mass is 10.0. The van der Waals surface area contributed by atoms with Crippen LogP contribution in [0.5, 0.6) is 5.75 Å². The van der Waals surface area contributed by atoms with Crippen molar-refractivity contribution in [2.45, 2.75) is 12.8 Å². The number of H-pyrrole nitrogens is 1.